The third kappa shape index (κ3) is 5.38. The van der Waals surface area contributed by atoms with Crippen LogP contribution < -0.4 is 24.8 Å². The van der Waals surface area contributed by atoms with Gasteiger partial charge in [0, 0.05) is 25.2 Å². The first kappa shape index (κ1) is 20.1. The fourth-order valence-corrected chi connectivity index (χ4v) is 2.35. The van der Waals surface area contributed by atoms with E-state index in [1.807, 2.05) is 12.1 Å². The Hall–Kier alpha value is -2.23. The normalized spacial score (nSPS) is 12.3. The standard InChI is InChI=1S/C18H20FN3O3.HI/c1-20-18(22-11-13-4-2-3-5-15(13)19)21-8-9-23-14-6-7-16-17(10-14)25-12-24-16;/h2-7,10H,8-9,11-12H2,1H3,(H2,20,21,22);1H. The van der Waals surface area contributed by atoms with Gasteiger partial charge < -0.3 is 24.8 Å². The second kappa shape index (κ2) is 10.0. The van der Waals surface area contributed by atoms with Crippen LogP contribution in [-0.2, 0) is 6.54 Å². The van der Waals surface area contributed by atoms with Crippen molar-refractivity contribution in [3.8, 4) is 17.2 Å². The molecule has 1 heterocycles. The van der Waals surface area contributed by atoms with E-state index in [1.165, 1.54) is 6.07 Å². The van der Waals surface area contributed by atoms with Gasteiger partial charge in [0.2, 0.25) is 6.79 Å². The smallest absolute Gasteiger partial charge is 0.231 e. The average Bonchev–Trinajstić information content (AvgIpc) is 3.10. The van der Waals surface area contributed by atoms with Crippen molar-refractivity contribution in [2.75, 3.05) is 27.0 Å². The number of hydrogen-bond acceptors (Lipinski definition) is 4. The molecule has 2 N–H and O–H groups in total. The van der Waals surface area contributed by atoms with Crippen LogP contribution >= 0.6 is 24.0 Å². The van der Waals surface area contributed by atoms with Gasteiger partial charge in [-0.2, -0.15) is 0 Å². The van der Waals surface area contributed by atoms with Crippen LogP contribution in [0.25, 0.3) is 0 Å². The molecule has 26 heavy (non-hydrogen) atoms. The third-order valence-electron chi connectivity index (χ3n) is 3.63. The Balaban J connectivity index is 0.00000243. The van der Waals surface area contributed by atoms with E-state index in [9.17, 15) is 4.39 Å². The molecule has 2 aromatic carbocycles. The van der Waals surface area contributed by atoms with Crippen molar-refractivity contribution in [2.45, 2.75) is 6.54 Å². The maximum absolute atomic E-state index is 13.6. The van der Waals surface area contributed by atoms with Gasteiger partial charge in [-0.3, -0.25) is 4.99 Å². The number of nitrogens with one attached hydrogen (secondary N) is 2. The number of benzene rings is 2. The van der Waals surface area contributed by atoms with Crippen LogP contribution in [0.4, 0.5) is 4.39 Å². The van der Waals surface area contributed by atoms with Crippen LogP contribution in [0, 0.1) is 5.82 Å². The number of rotatable bonds is 6. The summed E-state index contributed by atoms with van der Waals surface area (Å²) in [7, 11) is 1.66. The molecule has 2 aromatic rings. The van der Waals surface area contributed by atoms with E-state index < -0.39 is 0 Å². The summed E-state index contributed by atoms with van der Waals surface area (Å²) in [5, 5.41) is 6.18. The summed E-state index contributed by atoms with van der Waals surface area (Å²) >= 11 is 0. The summed E-state index contributed by atoms with van der Waals surface area (Å²) in [5.74, 6) is 2.46. The lowest BCUT2D eigenvalue weighted by molar-refractivity contribution is 0.173. The molecule has 1 aliphatic rings. The molecular formula is C18H21FIN3O3. The molecule has 0 unspecified atom stereocenters. The maximum atomic E-state index is 13.6. The van der Waals surface area contributed by atoms with Crippen LogP contribution in [0.2, 0.25) is 0 Å². The van der Waals surface area contributed by atoms with Crippen molar-refractivity contribution in [1.82, 2.24) is 10.6 Å². The van der Waals surface area contributed by atoms with E-state index in [0.29, 0.717) is 42.7 Å². The first-order chi connectivity index (χ1) is 12.3. The minimum absolute atomic E-state index is 0. The van der Waals surface area contributed by atoms with Gasteiger partial charge in [-0.1, -0.05) is 18.2 Å². The zero-order valence-electron chi connectivity index (χ0n) is 14.3. The predicted molar refractivity (Wildman–Crippen MR) is 108 cm³/mol. The summed E-state index contributed by atoms with van der Waals surface area (Å²) in [4.78, 5) is 4.10. The molecule has 0 aliphatic carbocycles. The number of ether oxygens (including phenoxy) is 3. The summed E-state index contributed by atoms with van der Waals surface area (Å²) in [6, 6.07) is 12.1. The molecule has 140 valence electrons. The van der Waals surface area contributed by atoms with E-state index in [2.05, 4.69) is 15.6 Å². The topological polar surface area (TPSA) is 64.1 Å². The zero-order chi connectivity index (χ0) is 17.5. The van der Waals surface area contributed by atoms with Gasteiger partial charge in [0.15, 0.2) is 17.5 Å². The van der Waals surface area contributed by atoms with Crippen LogP contribution in [0.1, 0.15) is 5.56 Å². The summed E-state index contributed by atoms with van der Waals surface area (Å²) in [6.45, 7) is 1.59. The Morgan fingerprint density at radius 1 is 1.15 bits per heavy atom. The van der Waals surface area contributed by atoms with Gasteiger partial charge in [0.05, 0.1) is 6.54 Å². The Labute approximate surface area is 168 Å². The Kier molecular flexibility index (Phi) is 7.76. The molecule has 8 heteroatoms. The minimum atomic E-state index is -0.239. The second-order valence-electron chi connectivity index (χ2n) is 5.31. The number of nitrogens with zero attached hydrogens (tertiary/aromatic N) is 1. The van der Waals surface area contributed by atoms with E-state index in [4.69, 9.17) is 14.2 Å². The highest BCUT2D eigenvalue weighted by molar-refractivity contribution is 14.0. The molecule has 0 fully saturated rings. The van der Waals surface area contributed by atoms with Crippen molar-refractivity contribution < 1.29 is 18.6 Å². The van der Waals surface area contributed by atoms with Crippen molar-refractivity contribution in [2.24, 2.45) is 4.99 Å². The Morgan fingerprint density at radius 2 is 1.96 bits per heavy atom. The zero-order valence-corrected chi connectivity index (χ0v) is 16.7. The monoisotopic (exact) mass is 473 g/mol. The first-order valence-electron chi connectivity index (χ1n) is 7.96. The lowest BCUT2D eigenvalue weighted by atomic mass is 10.2. The predicted octanol–water partition coefficient (Wildman–Crippen LogP) is 2.92. The van der Waals surface area contributed by atoms with Gasteiger partial charge in [0.25, 0.3) is 0 Å². The molecule has 0 saturated carbocycles. The number of guanidine groups is 1. The first-order valence-corrected chi connectivity index (χ1v) is 7.96. The molecule has 0 radical (unpaired) electrons. The largest absolute Gasteiger partial charge is 0.492 e. The minimum Gasteiger partial charge on any atom is -0.492 e. The summed E-state index contributed by atoms with van der Waals surface area (Å²) in [6.07, 6.45) is 0. The van der Waals surface area contributed by atoms with Crippen molar-refractivity contribution in [1.29, 1.82) is 0 Å². The molecule has 0 bridgehead atoms. The van der Waals surface area contributed by atoms with E-state index in [0.717, 1.165) is 5.75 Å². The molecule has 0 spiro atoms. The SMILES string of the molecule is CN=C(NCCOc1ccc2c(c1)OCO2)NCc1ccccc1F.I. The van der Waals surface area contributed by atoms with Gasteiger partial charge in [0.1, 0.15) is 18.2 Å². The molecule has 6 nitrogen and oxygen atoms in total. The van der Waals surface area contributed by atoms with Crippen LogP contribution in [0.15, 0.2) is 47.5 Å². The van der Waals surface area contributed by atoms with E-state index >= 15 is 0 Å². The molecule has 1 aliphatic heterocycles. The fraction of sp³-hybridized carbons (Fsp3) is 0.278. The molecule has 0 aromatic heterocycles. The van der Waals surface area contributed by atoms with Crippen LogP contribution in [-0.4, -0.2) is 33.0 Å². The maximum Gasteiger partial charge on any atom is 0.231 e. The van der Waals surface area contributed by atoms with E-state index in [-0.39, 0.29) is 36.6 Å². The molecule has 3 rings (SSSR count). The van der Waals surface area contributed by atoms with Gasteiger partial charge in [-0.25, -0.2) is 4.39 Å². The number of hydrogen-bond donors (Lipinski definition) is 2. The quantitative estimate of drug-likeness (QED) is 0.293. The molecular weight excluding hydrogens is 452 g/mol. The summed E-state index contributed by atoms with van der Waals surface area (Å²) < 4.78 is 29.8. The molecule has 0 atom stereocenters. The number of fused-ring (bicyclic) bond motifs is 1. The lowest BCUT2D eigenvalue weighted by Gasteiger charge is -2.13. The summed E-state index contributed by atoms with van der Waals surface area (Å²) in [5.41, 5.74) is 0.585. The van der Waals surface area contributed by atoms with E-state index in [1.54, 1.807) is 31.3 Å². The highest BCUT2D eigenvalue weighted by atomic mass is 127. The van der Waals surface area contributed by atoms with Crippen molar-refractivity contribution in [3.63, 3.8) is 0 Å². The highest BCUT2D eigenvalue weighted by Gasteiger charge is 2.13. The Morgan fingerprint density at radius 3 is 2.77 bits per heavy atom. The lowest BCUT2D eigenvalue weighted by Crippen LogP contribution is -2.39. The molecule has 0 saturated heterocycles. The van der Waals surface area contributed by atoms with Gasteiger partial charge in [-0.05, 0) is 18.2 Å². The fourth-order valence-electron chi connectivity index (χ4n) is 2.35. The van der Waals surface area contributed by atoms with Gasteiger partial charge in [-0.15, -0.1) is 24.0 Å². The Bertz CT molecular complexity index is 758. The highest BCUT2D eigenvalue weighted by Crippen LogP contribution is 2.34. The number of aliphatic imine (C=N–C) groups is 1. The van der Waals surface area contributed by atoms with Gasteiger partial charge >= 0.3 is 0 Å². The van der Waals surface area contributed by atoms with Crippen molar-refractivity contribution in [3.05, 3.63) is 53.8 Å². The third-order valence-corrected chi connectivity index (χ3v) is 3.63. The number of halogens is 2. The van der Waals surface area contributed by atoms with Crippen molar-refractivity contribution >= 4 is 29.9 Å². The second-order valence-corrected chi connectivity index (χ2v) is 5.31. The molecule has 0 amide bonds. The average molecular weight is 473 g/mol. The van der Waals surface area contributed by atoms with Crippen LogP contribution in [0.5, 0.6) is 17.2 Å². The van der Waals surface area contributed by atoms with Crippen LogP contribution in [0.3, 0.4) is 0 Å².